The summed E-state index contributed by atoms with van der Waals surface area (Å²) < 4.78 is 5.67. The van der Waals surface area contributed by atoms with Crippen LogP contribution in [0.3, 0.4) is 0 Å². The maximum atomic E-state index is 5.95. The van der Waals surface area contributed by atoms with E-state index in [1.165, 1.54) is 0 Å². The van der Waals surface area contributed by atoms with Gasteiger partial charge in [0.1, 0.15) is 12.4 Å². The molecule has 2 aromatic carbocycles. The molecule has 0 fully saturated rings. The molecule has 102 valence electrons. The van der Waals surface area contributed by atoms with Gasteiger partial charge in [0.05, 0.1) is 16.6 Å². The Morgan fingerprint density at radius 1 is 1.00 bits per heavy atom. The Labute approximate surface area is 128 Å². The van der Waals surface area contributed by atoms with Crippen molar-refractivity contribution in [2.24, 2.45) is 5.73 Å². The number of nitrogens with two attached hydrogens (primary N) is 1. The van der Waals surface area contributed by atoms with Crippen molar-refractivity contribution in [3.05, 3.63) is 63.6 Å². The molecule has 2 N–H and O–H groups in total. The second-order valence-electron chi connectivity index (χ2n) is 4.07. The molecule has 0 amide bonds. The lowest BCUT2D eigenvalue weighted by atomic mass is 10.2. The van der Waals surface area contributed by atoms with Crippen LogP contribution in [0.15, 0.2) is 42.5 Å². The maximum Gasteiger partial charge on any atom is 0.119 e. The Hall–Kier alpha value is -1.66. The minimum absolute atomic E-state index is 0.357. The Bertz CT molecular complexity index is 642. The highest BCUT2D eigenvalue weighted by Crippen LogP contribution is 2.23. The first kappa shape index (κ1) is 14.7. The van der Waals surface area contributed by atoms with Crippen molar-refractivity contribution in [1.29, 1.82) is 0 Å². The molecule has 2 rings (SSSR count). The fraction of sp³-hybridized carbons (Fsp3) is 0.125. The van der Waals surface area contributed by atoms with Gasteiger partial charge in [-0.3, -0.25) is 0 Å². The molecule has 0 aromatic heterocycles. The summed E-state index contributed by atoms with van der Waals surface area (Å²) in [6, 6.07) is 13.0. The molecule has 2 nitrogen and oxygen atoms in total. The molecule has 0 radical (unpaired) electrons. The number of halogens is 2. The van der Waals surface area contributed by atoms with Crippen LogP contribution in [0.2, 0.25) is 10.0 Å². The Kier molecular flexibility index (Phi) is 5.31. The minimum atomic E-state index is 0.357. The van der Waals surface area contributed by atoms with Crippen LogP contribution in [0, 0.1) is 11.8 Å². The average Bonchev–Trinajstić information content (AvgIpc) is 2.47. The Morgan fingerprint density at radius 2 is 1.75 bits per heavy atom. The van der Waals surface area contributed by atoms with Crippen molar-refractivity contribution >= 4 is 23.2 Å². The predicted octanol–water partition coefficient (Wildman–Crippen LogP) is 3.88. The molecule has 0 bridgehead atoms. The van der Waals surface area contributed by atoms with Crippen molar-refractivity contribution in [3.63, 3.8) is 0 Å². The molecule has 0 heterocycles. The maximum absolute atomic E-state index is 5.95. The summed E-state index contributed by atoms with van der Waals surface area (Å²) >= 11 is 11.8. The number of benzene rings is 2. The van der Waals surface area contributed by atoms with Crippen LogP contribution in [-0.4, -0.2) is 6.54 Å². The van der Waals surface area contributed by atoms with E-state index >= 15 is 0 Å². The van der Waals surface area contributed by atoms with Crippen molar-refractivity contribution in [3.8, 4) is 17.6 Å². The van der Waals surface area contributed by atoms with Gasteiger partial charge in [0, 0.05) is 5.56 Å². The lowest BCUT2D eigenvalue weighted by Gasteiger charge is -2.07. The lowest BCUT2D eigenvalue weighted by Crippen LogP contribution is -1.95. The molecule has 4 heteroatoms. The summed E-state index contributed by atoms with van der Waals surface area (Å²) in [6.07, 6.45) is 0. The van der Waals surface area contributed by atoms with Gasteiger partial charge in [-0.1, -0.05) is 41.1 Å². The largest absolute Gasteiger partial charge is 0.489 e. The van der Waals surface area contributed by atoms with Gasteiger partial charge >= 0.3 is 0 Å². The average molecular weight is 306 g/mol. The molecule has 20 heavy (non-hydrogen) atoms. The molecular weight excluding hydrogens is 293 g/mol. The topological polar surface area (TPSA) is 35.2 Å². The van der Waals surface area contributed by atoms with Crippen LogP contribution >= 0.6 is 23.2 Å². The van der Waals surface area contributed by atoms with E-state index < -0.39 is 0 Å². The monoisotopic (exact) mass is 305 g/mol. The first-order valence-corrected chi connectivity index (χ1v) is 6.80. The van der Waals surface area contributed by atoms with E-state index in [1.54, 1.807) is 12.1 Å². The van der Waals surface area contributed by atoms with Gasteiger partial charge in [0.2, 0.25) is 0 Å². The first-order chi connectivity index (χ1) is 9.69. The zero-order chi connectivity index (χ0) is 14.4. The number of rotatable bonds is 3. The van der Waals surface area contributed by atoms with Gasteiger partial charge < -0.3 is 10.5 Å². The highest BCUT2D eigenvalue weighted by molar-refractivity contribution is 6.42. The summed E-state index contributed by atoms with van der Waals surface area (Å²) in [7, 11) is 0. The zero-order valence-corrected chi connectivity index (χ0v) is 12.2. The van der Waals surface area contributed by atoms with Crippen LogP contribution < -0.4 is 10.5 Å². The fourth-order valence-electron chi connectivity index (χ4n) is 1.58. The summed E-state index contributed by atoms with van der Waals surface area (Å²) in [6.45, 7) is 0.792. The minimum Gasteiger partial charge on any atom is -0.489 e. The van der Waals surface area contributed by atoms with E-state index in [1.807, 2.05) is 30.3 Å². The van der Waals surface area contributed by atoms with E-state index in [2.05, 4.69) is 11.8 Å². The standard InChI is InChI=1S/C16H13Cl2NO/c17-15-8-5-13(10-16(15)18)11-20-14-6-3-12(4-7-14)2-1-9-19/h3-8,10H,9,11,19H2. The third kappa shape index (κ3) is 4.18. The van der Waals surface area contributed by atoms with Crippen LogP contribution in [0.5, 0.6) is 5.75 Å². The number of hydrogen-bond donors (Lipinski definition) is 1. The second kappa shape index (κ2) is 7.21. The molecule has 0 spiro atoms. The molecule has 0 saturated carbocycles. The third-order valence-corrected chi connectivity index (χ3v) is 3.32. The molecule has 0 saturated heterocycles. The zero-order valence-electron chi connectivity index (χ0n) is 10.7. The SMILES string of the molecule is NCC#Cc1ccc(OCc2ccc(Cl)c(Cl)c2)cc1. The molecule has 0 unspecified atom stereocenters. The fourth-order valence-corrected chi connectivity index (χ4v) is 1.90. The van der Waals surface area contributed by atoms with E-state index in [9.17, 15) is 0 Å². The van der Waals surface area contributed by atoms with Crippen LogP contribution in [0.25, 0.3) is 0 Å². The van der Waals surface area contributed by atoms with Crippen LogP contribution in [0.1, 0.15) is 11.1 Å². The van der Waals surface area contributed by atoms with Gasteiger partial charge in [0.15, 0.2) is 0 Å². The van der Waals surface area contributed by atoms with Gasteiger partial charge in [0.25, 0.3) is 0 Å². The Morgan fingerprint density at radius 3 is 2.40 bits per heavy atom. The normalized spacial score (nSPS) is 9.75. The predicted molar refractivity (Wildman–Crippen MR) is 83.2 cm³/mol. The molecule has 0 atom stereocenters. The van der Waals surface area contributed by atoms with Gasteiger partial charge in [-0.25, -0.2) is 0 Å². The summed E-state index contributed by atoms with van der Waals surface area (Å²) in [5, 5.41) is 1.07. The van der Waals surface area contributed by atoms with Gasteiger partial charge in [-0.15, -0.1) is 0 Å². The van der Waals surface area contributed by atoms with Crippen molar-refractivity contribution in [2.45, 2.75) is 6.61 Å². The third-order valence-electron chi connectivity index (χ3n) is 2.58. The van der Waals surface area contributed by atoms with Crippen molar-refractivity contribution < 1.29 is 4.74 Å². The molecule has 0 aliphatic carbocycles. The highest BCUT2D eigenvalue weighted by atomic mass is 35.5. The first-order valence-electron chi connectivity index (χ1n) is 6.05. The van der Waals surface area contributed by atoms with Gasteiger partial charge in [-0.2, -0.15) is 0 Å². The summed E-state index contributed by atoms with van der Waals surface area (Å²) in [5.41, 5.74) is 7.20. The molecular formula is C16H13Cl2NO. The smallest absolute Gasteiger partial charge is 0.119 e. The summed E-state index contributed by atoms with van der Waals surface area (Å²) in [4.78, 5) is 0. The van der Waals surface area contributed by atoms with Crippen molar-refractivity contribution in [1.82, 2.24) is 0 Å². The quantitative estimate of drug-likeness (QED) is 0.873. The van der Waals surface area contributed by atoms with Crippen molar-refractivity contribution in [2.75, 3.05) is 6.54 Å². The number of hydrogen-bond acceptors (Lipinski definition) is 2. The Balaban J connectivity index is 1.98. The summed E-state index contributed by atoms with van der Waals surface area (Å²) in [5.74, 6) is 6.53. The van der Waals surface area contributed by atoms with Gasteiger partial charge in [-0.05, 0) is 42.0 Å². The van der Waals surface area contributed by atoms with Crippen LogP contribution in [0.4, 0.5) is 0 Å². The molecule has 0 aliphatic rings. The van der Waals surface area contributed by atoms with E-state index in [0.29, 0.717) is 23.2 Å². The molecule has 0 aliphatic heterocycles. The van der Waals surface area contributed by atoms with E-state index in [0.717, 1.165) is 16.9 Å². The van der Waals surface area contributed by atoms with E-state index in [4.69, 9.17) is 33.7 Å². The van der Waals surface area contributed by atoms with Crippen LogP contribution in [-0.2, 0) is 6.61 Å². The second-order valence-corrected chi connectivity index (χ2v) is 4.88. The van der Waals surface area contributed by atoms with E-state index in [-0.39, 0.29) is 0 Å². The number of ether oxygens (including phenoxy) is 1. The lowest BCUT2D eigenvalue weighted by molar-refractivity contribution is 0.306. The highest BCUT2D eigenvalue weighted by Gasteiger charge is 2.00. The molecule has 2 aromatic rings.